The Morgan fingerprint density at radius 2 is 2.06 bits per heavy atom. The first-order chi connectivity index (χ1) is 8.78. The highest BCUT2D eigenvalue weighted by Gasteiger charge is 1.99. The third-order valence-corrected chi connectivity index (χ3v) is 2.33. The zero-order valence-corrected chi connectivity index (χ0v) is 9.93. The Hall–Kier alpha value is -2.24. The molecule has 2 rings (SSSR count). The van der Waals surface area contributed by atoms with Crippen LogP contribution in [0.3, 0.4) is 0 Å². The van der Waals surface area contributed by atoms with E-state index < -0.39 is 5.82 Å². The van der Waals surface area contributed by atoms with Crippen LogP contribution in [0.1, 0.15) is 5.56 Å². The maximum atomic E-state index is 12.6. The van der Waals surface area contributed by atoms with Gasteiger partial charge in [0.1, 0.15) is 0 Å². The van der Waals surface area contributed by atoms with Gasteiger partial charge in [-0.05, 0) is 18.1 Å². The highest BCUT2D eigenvalue weighted by molar-refractivity contribution is 5.25. The van der Waals surface area contributed by atoms with E-state index in [9.17, 15) is 4.39 Å². The van der Waals surface area contributed by atoms with Crippen molar-refractivity contribution in [3.05, 3.63) is 42.1 Å². The summed E-state index contributed by atoms with van der Waals surface area (Å²) in [5.74, 6) is 0.558. The van der Waals surface area contributed by atoms with Gasteiger partial charge in [-0.2, -0.15) is 0 Å². The number of pyridine rings is 1. The highest BCUT2D eigenvalue weighted by Crippen LogP contribution is 2.09. The molecule has 2 aromatic rings. The minimum atomic E-state index is -0.445. The molecule has 5 nitrogen and oxygen atoms in total. The monoisotopic (exact) mass is 248 g/mol. The average molecular weight is 248 g/mol. The predicted octanol–water partition coefficient (Wildman–Crippen LogP) is 1.67. The predicted molar refractivity (Wildman–Crippen MR) is 65.0 cm³/mol. The third-order valence-electron chi connectivity index (χ3n) is 2.33. The number of rotatable bonds is 5. The first-order valence-electron chi connectivity index (χ1n) is 5.48. The van der Waals surface area contributed by atoms with Crippen molar-refractivity contribution in [2.24, 2.45) is 0 Å². The third kappa shape index (κ3) is 3.38. The molecule has 0 saturated heterocycles. The SMILES string of the molecule is COc1cc(CCNc2ncc(F)cn2)ccn1. The molecular weight excluding hydrogens is 235 g/mol. The first kappa shape index (κ1) is 12.2. The normalized spacial score (nSPS) is 10.1. The van der Waals surface area contributed by atoms with Crippen LogP contribution in [0, 0.1) is 5.82 Å². The summed E-state index contributed by atoms with van der Waals surface area (Å²) in [7, 11) is 1.58. The lowest BCUT2D eigenvalue weighted by atomic mass is 10.2. The van der Waals surface area contributed by atoms with E-state index in [0.717, 1.165) is 24.4 Å². The molecular formula is C12H13FN4O. The summed E-state index contributed by atoms with van der Waals surface area (Å²) in [6.45, 7) is 0.652. The Morgan fingerprint density at radius 3 is 2.78 bits per heavy atom. The quantitative estimate of drug-likeness (QED) is 0.872. The summed E-state index contributed by atoms with van der Waals surface area (Å²) in [4.78, 5) is 11.6. The molecule has 1 N–H and O–H groups in total. The van der Waals surface area contributed by atoms with Gasteiger partial charge in [-0.15, -0.1) is 0 Å². The van der Waals surface area contributed by atoms with Crippen molar-refractivity contribution >= 4 is 5.95 Å². The first-order valence-corrected chi connectivity index (χ1v) is 5.48. The Morgan fingerprint density at radius 1 is 1.28 bits per heavy atom. The van der Waals surface area contributed by atoms with Gasteiger partial charge in [-0.1, -0.05) is 0 Å². The van der Waals surface area contributed by atoms with Crippen molar-refractivity contribution in [1.82, 2.24) is 15.0 Å². The summed E-state index contributed by atoms with van der Waals surface area (Å²) < 4.78 is 17.6. The molecule has 0 aromatic carbocycles. The van der Waals surface area contributed by atoms with Gasteiger partial charge in [0.15, 0.2) is 5.82 Å². The second kappa shape index (κ2) is 5.90. The minimum absolute atomic E-state index is 0.414. The van der Waals surface area contributed by atoms with E-state index in [-0.39, 0.29) is 0 Å². The number of hydrogen-bond acceptors (Lipinski definition) is 5. The van der Waals surface area contributed by atoms with E-state index in [4.69, 9.17) is 4.74 Å². The van der Waals surface area contributed by atoms with Crippen molar-refractivity contribution in [2.45, 2.75) is 6.42 Å². The van der Waals surface area contributed by atoms with Crippen LogP contribution < -0.4 is 10.1 Å². The highest BCUT2D eigenvalue weighted by atomic mass is 19.1. The second-order valence-electron chi connectivity index (χ2n) is 3.61. The Kier molecular flexibility index (Phi) is 4.01. The molecule has 0 amide bonds. The molecule has 0 aliphatic carbocycles. The van der Waals surface area contributed by atoms with E-state index in [1.165, 1.54) is 0 Å². The second-order valence-corrected chi connectivity index (χ2v) is 3.61. The minimum Gasteiger partial charge on any atom is -0.481 e. The van der Waals surface area contributed by atoms with Crippen molar-refractivity contribution in [2.75, 3.05) is 19.0 Å². The van der Waals surface area contributed by atoms with Crippen LogP contribution in [-0.2, 0) is 6.42 Å². The molecule has 18 heavy (non-hydrogen) atoms. The fourth-order valence-electron chi connectivity index (χ4n) is 1.44. The Balaban J connectivity index is 1.86. The molecule has 2 aromatic heterocycles. The Bertz CT molecular complexity index is 504. The van der Waals surface area contributed by atoms with Crippen molar-refractivity contribution < 1.29 is 9.13 Å². The lowest BCUT2D eigenvalue weighted by molar-refractivity contribution is 0.397. The van der Waals surface area contributed by atoms with Crippen molar-refractivity contribution in [3.8, 4) is 5.88 Å². The number of ether oxygens (including phenoxy) is 1. The number of hydrogen-bond donors (Lipinski definition) is 1. The van der Waals surface area contributed by atoms with Gasteiger partial charge in [0.2, 0.25) is 11.8 Å². The Labute approximate surface area is 104 Å². The van der Waals surface area contributed by atoms with Crippen molar-refractivity contribution in [3.63, 3.8) is 0 Å². The van der Waals surface area contributed by atoms with E-state index >= 15 is 0 Å². The topological polar surface area (TPSA) is 59.9 Å². The molecule has 0 bridgehead atoms. The zero-order valence-electron chi connectivity index (χ0n) is 9.93. The summed E-state index contributed by atoms with van der Waals surface area (Å²) in [5.41, 5.74) is 1.09. The van der Waals surface area contributed by atoms with Crippen LogP contribution in [0.4, 0.5) is 10.3 Å². The fraction of sp³-hybridized carbons (Fsp3) is 0.250. The summed E-state index contributed by atoms with van der Waals surface area (Å²) in [6, 6.07) is 3.78. The molecule has 0 spiro atoms. The standard InChI is InChI=1S/C12H13FN4O/c1-18-11-6-9(2-4-14-11)3-5-15-12-16-7-10(13)8-17-12/h2,4,6-8H,3,5H2,1H3,(H,15,16,17). The molecule has 0 aliphatic heterocycles. The number of aromatic nitrogens is 3. The van der Waals surface area contributed by atoms with Gasteiger partial charge >= 0.3 is 0 Å². The average Bonchev–Trinajstić information content (AvgIpc) is 2.41. The number of halogens is 1. The van der Waals surface area contributed by atoms with E-state index in [2.05, 4.69) is 20.3 Å². The van der Waals surface area contributed by atoms with E-state index in [0.29, 0.717) is 18.4 Å². The number of nitrogens with zero attached hydrogens (tertiary/aromatic N) is 3. The number of nitrogens with one attached hydrogen (secondary N) is 1. The van der Waals surface area contributed by atoms with Gasteiger partial charge < -0.3 is 10.1 Å². The lowest BCUT2D eigenvalue weighted by Crippen LogP contribution is -2.08. The smallest absolute Gasteiger partial charge is 0.222 e. The summed E-state index contributed by atoms with van der Waals surface area (Å²) in [5, 5.41) is 3.01. The van der Waals surface area contributed by atoms with Crippen LogP contribution in [0.5, 0.6) is 5.88 Å². The molecule has 94 valence electrons. The van der Waals surface area contributed by atoms with Crippen LogP contribution in [0.2, 0.25) is 0 Å². The molecule has 0 atom stereocenters. The van der Waals surface area contributed by atoms with Crippen LogP contribution in [0.25, 0.3) is 0 Å². The maximum Gasteiger partial charge on any atom is 0.222 e. The van der Waals surface area contributed by atoms with Gasteiger partial charge in [-0.3, -0.25) is 0 Å². The number of anilines is 1. The van der Waals surface area contributed by atoms with E-state index in [1.54, 1.807) is 13.3 Å². The van der Waals surface area contributed by atoms with Gasteiger partial charge in [0.25, 0.3) is 0 Å². The molecule has 2 heterocycles. The molecule has 0 aliphatic rings. The largest absolute Gasteiger partial charge is 0.481 e. The fourth-order valence-corrected chi connectivity index (χ4v) is 1.44. The van der Waals surface area contributed by atoms with Crippen LogP contribution in [-0.4, -0.2) is 28.6 Å². The van der Waals surface area contributed by atoms with Crippen molar-refractivity contribution in [1.29, 1.82) is 0 Å². The summed E-state index contributed by atoms with van der Waals surface area (Å²) >= 11 is 0. The maximum absolute atomic E-state index is 12.6. The van der Waals surface area contributed by atoms with Crippen LogP contribution in [0.15, 0.2) is 30.7 Å². The van der Waals surface area contributed by atoms with Crippen LogP contribution >= 0.6 is 0 Å². The lowest BCUT2D eigenvalue weighted by Gasteiger charge is -2.05. The van der Waals surface area contributed by atoms with Gasteiger partial charge in [0.05, 0.1) is 19.5 Å². The van der Waals surface area contributed by atoms with E-state index in [1.807, 2.05) is 12.1 Å². The molecule has 0 unspecified atom stereocenters. The molecule has 6 heteroatoms. The summed E-state index contributed by atoms with van der Waals surface area (Å²) in [6.07, 6.45) is 4.73. The number of methoxy groups -OCH3 is 1. The van der Waals surface area contributed by atoms with Gasteiger partial charge in [0, 0.05) is 18.8 Å². The zero-order chi connectivity index (χ0) is 12.8. The molecule has 0 fully saturated rings. The van der Waals surface area contributed by atoms with Gasteiger partial charge in [-0.25, -0.2) is 19.3 Å². The molecule has 0 radical (unpaired) electrons. The molecule has 0 saturated carbocycles.